The van der Waals surface area contributed by atoms with Crippen LogP contribution in [0.5, 0.6) is 0 Å². The molecule has 0 amide bonds. The van der Waals surface area contributed by atoms with Gasteiger partial charge in [-0.2, -0.15) is 0 Å². The summed E-state index contributed by atoms with van der Waals surface area (Å²) in [6.07, 6.45) is 3.18. The zero-order chi connectivity index (χ0) is 10.6. The highest BCUT2D eigenvalue weighted by Crippen LogP contribution is 2.25. The molecular formula is C12H24FN. The van der Waals surface area contributed by atoms with Crippen molar-refractivity contribution in [2.45, 2.75) is 52.6 Å². The van der Waals surface area contributed by atoms with Crippen LogP contribution in [-0.4, -0.2) is 19.3 Å². The topological polar surface area (TPSA) is 12.0 Å². The third kappa shape index (κ3) is 4.94. The number of halogens is 1. The second-order valence-electron chi connectivity index (χ2n) is 5.81. The average molecular weight is 201 g/mol. The van der Waals surface area contributed by atoms with Gasteiger partial charge in [-0.1, -0.05) is 20.8 Å². The second-order valence-corrected chi connectivity index (χ2v) is 5.81. The normalized spacial score (nSPS) is 29.1. The SMILES string of the molecule is CC(C)(C)CNCC1CCC(F)CC1. The van der Waals surface area contributed by atoms with Gasteiger partial charge < -0.3 is 5.32 Å². The molecule has 1 saturated carbocycles. The molecule has 0 unspecified atom stereocenters. The molecule has 0 spiro atoms. The highest BCUT2D eigenvalue weighted by atomic mass is 19.1. The maximum absolute atomic E-state index is 12.8. The Kier molecular flexibility index (Phi) is 4.36. The van der Waals surface area contributed by atoms with Crippen molar-refractivity contribution in [2.24, 2.45) is 11.3 Å². The summed E-state index contributed by atoms with van der Waals surface area (Å²) in [7, 11) is 0. The van der Waals surface area contributed by atoms with Crippen molar-refractivity contribution in [3.05, 3.63) is 0 Å². The third-order valence-corrected chi connectivity index (χ3v) is 2.86. The summed E-state index contributed by atoms with van der Waals surface area (Å²) in [5, 5.41) is 3.49. The van der Waals surface area contributed by atoms with E-state index in [0.29, 0.717) is 11.3 Å². The molecular weight excluding hydrogens is 177 g/mol. The van der Waals surface area contributed by atoms with E-state index in [1.165, 1.54) is 0 Å². The Morgan fingerprint density at radius 1 is 1.14 bits per heavy atom. The lowest BCUT2D eigenvalue weighted by molar-refractivity contribution is 0.201. The van der Waals surface area contributed by atoms with E-state index in [1.807, 2.05) is 0 Å². The lowest BCUT2D eigenvalue weighted by atomic mass is 9.88. The third-order valence-electron chi connectivity index (χ3n) is 2.86. The van der Waals surface area contributed by atoms with Gasteiger partial charge in [0, 0.05) is 0 Å². The summed E-state index contributed by atoms with van der Waals surface area (Å²) >= 11 is 0. The molecule has 0 aliphatic heterocycles. The van der Waals surface area contributed by atoms with Gasteiger partial charge in [0.2, 0.25) is 0 Å². The van der Waals surface area contributed by atoms with Crippen LogP contribution in [0.1, 0.15) is 46.5 Å². The van der Waals surface area contributed by atoms with Gasteiger partial charge in [-0.15, -0.1) is 0 Å². The summed E-state index contributed by atoms with van der Waals surface area (Å²) in [4.78, 5) is 0. The van der Waals surface area contributed by atoms with Gasteiger partial charge in [0.25, 0.3) is 0 Å². The van der Waals surface area contributed by atoms with Crippen molar-refractivity contribution in [1.82, 2.24) is 5.32 Å². The van der Waals surface area contributed by atoms with E-state index >= 15 is 0 Å². The molecule has 1 N–H and O–H groups in total. The van der Waals surface area contributed by atoms with Crippen LogP contribution in [0.2, 0.25) is 0 Å². The first kappa shape index (κ1) is 12.0. The highest BCUT2D eigenvalue weighted by Gasteiger charge is 2.20. The van der Waals surface area contributed by atoms with Crippen LogP contribution in [0.4, 0.5) is 4.39 Å². The smallest absolute Gasteiger partial charge is 0.100 e. The fraction of sp³-hybridized carbons (Fsp3) is 1.00. The van der Waals surface area contributed by atoms with E-state index in [0.717, 1.165) is 38.8 Å². The molecule has 1 nitrogen and oxygen atoms in total. The maximum atomic E-state index is 12.8. The quantitative estimate of drug-likeness (QED) is 0.739. The minimum absolute atomic E-state index is 0.358. The van der Waals surface area contributed by atoms with Crippen molar-refractivity contribution in [3.63, 3.8) is 0 Å². The maximum Gasteiger partial charge on any atom is 0.100 e. The monoisotopic (exact) mass is 201 g/mol. The van der Waals surface area contributed by atoms with Crippen molar-refractivity contribution in [2.75, 3.05) is 13.1 Å². The van der Waals surface area contributed by atoms with Crippen LogP contribution in [0.15, 0.2) is 0 Å². The number of nitrogens with one attached hydrogen (secondary N) is 1. The molecule has 0 radical (unpaired) electrons. The lowest BCUT2D eigenvalue weighted by Crippen LogP contribution is -2.32. The molecule has 0 saturated heterocycles. The molecule has 0 atom stereocenters. The molecule has 0 bridgehead atoms. The lowest BCUT2D eigenvalue weighted by Gasteiger charge is -2.26. The first-order valence-electron chi connectivity index (χ1n) is 5.82. The first-order valence-corrected chi connectivity index (χ1v) is 5.82. The summed E-state index contributed by atoms with van der Waals surface area (Å²) in [6.45, 7) is 8.84. The molecule has 1 fully saturated rings. The Hall–Kier alpha value is -0.110. The van der Waals surface area contributed by atoms with Gasteiger partial charge in [0.1, 0.15) is 6.17 Å². The van der Waals surface area contributed by atoms with Gasteiger partial charge in [-0.25, -0.2) is 4.39 Å². The Balaban J connectivity index is 2.08. The largest absolute Gasteiger partial charge is 0.316 e. The predicted molar refractivity (Wildman–Crippen MR) is 59.2 cm³/mol. The highest BCUT2D eigenvalue weighted by molar-refractivity contribution is 4.74. The molecule has 1 aliphatic carbocycles. The summed E-state index contributed by atoms with van der Waals surface area (Å²) < 4.78 is 12.8. The summed E-state index contributed by atoms with van der Waals surface area (Å²) in [6, 6.07) is 0. The summed E-state index contributed by atoms with van der Waals surface area (Å²) in [5.74, 6) is 0.712. The van der Waals surface area contributed by atoms with Crippen LogP contribution in [-0.2, 0) is 0 Å². The van der Waals surface area contributed by atoms with Crippen LogP contribution in [0.3, 0.4) is 0 Å². The van der Waals surface area contributed by atoms with Crippen molar-refractivity contribution in [3.8, 4) is 0 Å². The van der Waals surface area contributed by atoms with E-state index in [1.54, 1.807) is 0 Å². The van der Waals surface area contributed by atoms with Gasteiger partial charge in [0.05, 0.1) is 0 Å². The minimum Gasteiger partial charge on any atom is -0.316 e. The van der Waals surface area contributed by atoms with Crippen molar-refractivity contribution < 1.29 is 4.39 Å². The van der Waals surface area contributed by atoms with E-state index in [4.69, 9.17) is 0 Å². The minimum atomic E-state index is -0.520. The van der Waals surface area contributed by atoms with Crippen molar-refractivity contribution >= 4 is 0 Å². The molecule has 0 aromatic carbocycles. The molecule has 0 aromatic heterocycles. The number of rotatable bonds is 3. The van der Waals surface area contributed by atoms with Gasteiger partial charge in [0.15, 0.2) is 0 Å². The molecule has 84 valence electrons. The van der Waals surface area contributed by atoms with Crippen LogP contribution in [0, 0.1) is 11.3 Å². The van der Waals surface area contributed by atoms with Crippen LogP contribution in [0.25, 0.3) is 0 Å². The van der Waals surface area contributed by atoms with E-state index in [2.05, 4.69) is 26.1 Å². The van der Waals surface area contributed by atoms with E-state index in [9.17, 15) is 4.39 Å². The van der Waals surface area contributed by atoms with Gasteiger partial charge in [-0.05, 0) is 50.1 Å². The van der Waals surface area contributed by atoms with Crippen molar-refractivity contribution in [1.29, 1.82) is 0 Å². The molecule has 2 heteroatoms. The van der Waals surface area contributed by atoms with Crippen LogP contribution >= 0.6 is 0 Å². The second kappa shape index (κ2) is 5.11. The molecule has 1 aliphatic rings. The standard InChI is InChI=1S/C12H24FN/c1-12(2,3)9-14-8-10-4-6-11(13)7-5-10/h10-11,14H,4-9H2,1-3H3. The molecule has 1 rings (SSSR count). The predicted octanol–water partition coefficient (Wildman–Crippen LogP) is 3.15. The first-order chi connectivity index (χ1) is 6.47. The Bertz CT molecular complexity index is 154. The number of alkyl halides is 1. The molecule has 14 heavy (non-hydrogen) atoms. The van der Waals surface area contributed by atoms with Crippen LogP contribution < -0.4 is 5.32 Å². The number of hydrogen-bond donors (Lipinski definition) is 1. The Morgan fingerprint density at radius 3 is 2.21 bits per heavy atom. The number of hydrogen-bond acceptors (Lipinski definition) is 1. The molecule has 0 aromatic rings. The zero-order valence-electron chi connectivity index (χ0n) is 9.78. The molecule has 0 heterocycles. The fourth-order valence-corrected chi connectivity index (χ4v) is 1.98. The van der Waals surface area contributed by atoms with E-state index < -0.39 is 6.17 Å². The Labute approximate surface area is 87.5 Å². The van der Waals surface area contributed by atoms with Gasteiger partial charge in [-0.3, -0.25) is 0 Å². The summed E-state index contributed by atoms with van der Waals surface area (Å²) in [5.41, 5.74) is 0.358. The average Bonchev–Trinajstić information content (AvgIpc) is 2.06. The van der Waals surface area contributed by atoms with E-state index in [-0.39, 0.29) is 0 Å². The fourth-order valence-electron chi connectivity index (χ4n) is 1.98. The van der Waals surface area contributed by atoms with Gasteiger partial charge >= 0.3 is 0 Å². The zero-order valence-corrected chi connectivity index (χ0v) is 9.78. The Morgan fingerprint density at radius 2 is 1.71 bits per heavy atom.